The fourth-order valence-electron chi connectivity index (χ4n) is 6.01. The van der Waals surface area contributed by atoms with E-state index in [-0.39, 0.29) is 29.2 Å². The number of benzene rings is 4. The molecule has 1 aliphatic carbocycles. The molecule has 4 aromatic carbocycles. The Morgan fingerprint density at radius 1 is 0.822 bits per heavy atom. The summed E-state index contributed by atoms with van der Waals surface area (Å²) >= 11 is 0. The van der Waals surface area contributed by atoms with E-state index < -0.39 is 40.2 Å². The summed E-state index contributed by atoms with van der Waals surface area (Å²) < 4.78 is 24.6. The molecule has 1 fully saturated rings. The highest BCUT2D eigenvalue weighted by atomic mass is 19.1. The molecule has 0 saturated heterocycles. The summed E-state index contributed by atoms with van der Waals surface area (Å²) in [4.78, 5) is 53.0. The van der Waals surface area contributed by atoms with E-state index >= 15 is 0 Å². The summed E-state index contributed by atoms with van der Waals surface area (Å²) in [5.41, 5.74) is 1.88. The first-order chi connectivity index (χ1) is 21.7. The molecule has 0 bridgehead atoms. The topological polar surface area (TPSA) is 113 Å². The standard InChI is InChI=1S/C36H30FNO7/c1-44-28-16-3-22(4-17-28)5-20-31(39)35-32(40)21-30(23-10-18-29(45-2)19-11-23)34(33(35)24-6-12-26(37)13-7-24)36(41)25-8-14-27(15-9-25)38(42)43/h3-20,30,33-35H,21H2,1-2H3/b20-5+/t30-,33-,34+,35?/m1/s1. The van der Waals surface area contributed by atoms with Crippen molar-refractivity contribution in [2.45, 2.75) is 18.3 Å². The summed E-state index contributed by atoms with van der Waals surface area (Å²) in [6.45, 7) is 0. The van der Waals surface area contributed by atoms with Crippen molar-refractivity contribution in [2.24, 2.45) is 11.8 Å². The predicted molar refractivity (Wildman–Crippen MR) is 166 cm³/mol. The molecule has 0 N–H and O–H groups in total. The van der Waals surface area contributed by atoms with E-state index in [2.05, 4.69) is 0 Å². The normalized spacial score (nSPS) is 19.7. The quantitative estimate of drug-likeness (QED) is 0.0628. The number of rotatable bonds is 10. The lowest BCUT2D eigenvalue weighted by molar-refractivity contribution is -0.384. The van der Waals surface area contributed by atoms with Gasteiger partial charge in [-0.25, -0.2) is 4.39 Å². The van der Waals surface area contributed by atoms with Crippen molar-refractivity contribution in [3.63, 3.8) is 0 Å². The highest BCUT2D eigenvalue weighted by Gasteiger charge is 2.50. The maximum atomic E-state index is 14.4. The molecular formula is C36H30FNO7. The molecule has 228 valence electrons. The van der Waals surface area contributed by atoms with Crippen LogP contribution in [-0.4, -0.2) is 36.5 Å². The van der Waals surface area contributed by atoms with E-state index in [9.17, 15) is 28.9 Å². The molecule has 45 heavy (non-hydrogen) atoms. The fourth-order valence-corrected chi connectivity index (χ4v) is 6.01. The van der Waals surface area contributed by atoms with Crippen LogP contribution in [0.1, 0.15) is 45.3 Å². The van der Waals surface area contributed by atoms with Crippen molar-refractivity contribution in [1.29, 1.82) is 0 Å². The molecule has 1 aliphatic rings. The van der Waals surface area contributed by atoms with Crippen LogP contribution in [0.15, 0.2) is 103 Å². The van der Waals surface area contributed by atoms with Crippen molar-refractivity contribution < 1.29 is 33.2 Å². The monoisotopic (exact) mass is 607 g/mol. The highest BCUT2D eigenvalue weighted by molar-refractivity contribution is 6.12. The van der Waals surface area contributed by atoms with Gasteiger partial charge in [0.25, 0.3) is 5.69 Å². The average molecular weight is 608 g/mol. The van der Waals surface area contributed by atoms with E-state index in [0.717, 1.165) is 0 Å². The summed E-state index contributed by atoms with van der Waals surface area (Å²) in [6, 6.07) is 24.8. The Bertz CT molecular complexity index is 1730. The largest absolute Gasteiger partial charge is 0.497 e. The second-order valence-electron chi connectivity index (χ2n) is 10.8. The molecule has 4 aromatic rings. The number of hydrogen-bond donors (Lipinski definition) is 0. The Morgan fingerprint density at radius 3 is 1.93 bits per heavy atom. The number of methoxy groups -OCH3 is 2. The summed E-state index contributed by atoms with van der Waals surface area (Å²) in [5, 5.41) is 11.3. The number of allylic oxidation sites excluding steroid dienone is 1. The number of ketones is 3. The van der Waals surface area contributed by atoms with Gasteiger partial charge in [-0.1, -0.05) is 42.5 Å². The number of nitro groups is 1. The van der Waals surface area contributed by atoms with Gasteiger partial charge >= 0.3 is 0 Å². The van der Waals surface area contributed by atoms with Crippen LogP contribution < -0.4 is 9.47 Å². The van der Waals surface area contributed by atoms with Crippen LogP contribution in [-0.2, 0) is 9.59 Å². The highest BCUT2D eigenvalue weighted by Crippen LogP contribution is 2.50. The predicted octanol–water partition coefficient (Wildman–Crippen LogP) is 6.99. The van der Waals surface area contributed by atoms with Gasteiger partial charge in [-0.15, -0.1) is 0 Å². The lowest BCUT2D eigenvalue weighted by Gasteiger charge is -2.41. The fraction of sp³-hybridized carbons (Fsp3) is 0.194. The Morgan fingerprint density at radius 2 is 1.38 bits per heavy atom. The van der Waals surface area contributed by atoms with E-state index in [0.29, 0.717) is 28.2 Å². The lowest BCUT2D eigenvalue weighted by Crippen LogP contribution is -2.44. The number of nitrogens with zero attached hydrogens (tertiary/aromatic N) is 1. The van der Waals surface area contributed by atoms with Gasteiger partial charge in [0.1, 0.15) is 23.1 Å². The number of hydrogen-bond acceptors (Lipinski definition) is 7. The van der Waals surface area contributed by atoms with Gasteiger partial charge in [-0.3, -0.25) is 24.5 Å². The second-order valence-corrected chi connectivity index (χ2v) is 10.8. The maximum absolute atomic E-state index is 14.4. The lowest BCUT2D eigenvalue weighted by atomic mass is 9.59. The van der Waals surface area contributed by atoms with Crippen LogP contribution in [0.4, 0.5) is 10.1 Å². The summed E-state index contributed by atoms with van der Waals surface area (Å²) in [5.74, 6) is -4.25. The minimum Gasteiger partial charge on any atom is -0.497 e. The number of carbonyl (C=O) groups is 3. The van der Waals surface area contributed by atoms with Crippen LogP contribution in [0, 0.1) is 27.8 Å². The zero-order chi connectivity index (χ0) is 32.1. The van der Waals surface area contributed by atoms with E-state index in [1.165, 1.54) is 61.7 Å². The summed E-state index contributed by atoms with van der Waals surface area (Å²) in [7, 11) is 3.08. The van der Waals surface area contributed by atoms with Gasteiger partial charge in [0, 0.05) is 41.9 Å². The number of nitro benzene ring substituents is 1. The molecule has 8 nitrogen and oxygen atoms in total. The zero-order valence-corrected chi connectivity index (χ0v) is 24.6. The number of halogens is 1. The number of non-ortho nitro benzene ring substituents is 1. The third-order valence-electron chi connectivity index (χ3n) is 8.27. The van der Waals surface area contributed by atoms with E-state index in [1.807, 2.05) is 0 Å². The molecule has 0 heterocycles. The van der Waals surface area contributed by atoms with Crippen LogP contribution in [0.3, 0.4) is 0 Å². The van der Waals surface area contributed by atoms with Gasteiger partial charge in [0.15, 0.2) is 11.6 Å². The van der Waals surface area contributed by atoms with Crippen LogP contribution >= 0.6 is 0 Å². The van der Waals surface area contributed by atoms with Crippen molar-refractivity contribution in [2.75, 3.05) is 14.2 Å². The Labute approximate surface area is 259 Å². The van der Waals surface area contributed by atoms with Crippen molar-refractivity contribution >= 4 is 29.1 Å². The second kappa shape index (κ2) is 13.5. The molecule has 0 amide bonds. The first kappa shape index (κ1) is 31.0. The first-order valence-corrected chi connectivity index (χ1v) is 14.3. The first-order valence-electron chi connectivity index (χ1n) is 14.3. The van der Waals surface area contributed by atoms with Crippen molar-refractivity contribution in [1.82, 2.24) is 0 Å². The molecule has 5 rings (SSSR count). The minimum absolute atomic E-state index is 0.0970. The molecule has 1 unspecified atom stereocenters. The summed E-state index contributed by atoms with van der Waals surface area (Å²) in [6.07, 6.45) is 2.84. The Hall–Kier alpha value is -5.44. The molecule has 0 spiro atoms. The minimum atomic E-state index is -1.23. The SMILES string of the molecule is COc1ccc(/C=C/C(=O)C2C(=O)C[C@H](c3ccc(OC)cc3)[C@H](C(=O)c3ccc([N+](=O)[O-])cc3)[C@H]2c2ccc(F)cc2)cc1. The third-order valence-corrected chi connectivity index (χ3v) is 8.27. The smallest absolute Gasteiger partial charge is 0.269 e. The molecular weight excluding hydrogens is 577 g/mol. The van der Waals surface area contributed by atoms with Crippen LogP contribution in [0.2, 0.25) is 0 Å². The van der Waals surface area contributed by atoms with Crippen molar-refractivity contribution in [3.8, 4) is 11.5 Å². The molecule has 9 heteroatoms. The van der Waals surface area contributed by atoms with Gasteiger partial charge in [0.2, 0.25) is 0 Å². The van der Waals surface area contributed by atoms with E-state index in [4.69, 9.17) is 9.47 Å². The van der Waals surface area contributed by atoms with Crippen molar-refractivity contribution in [3.05, 3.63) is 141 Å². The molecule has 0 aliphatic heterocycles. The van der Waals surface area contributed by atoms with Gasteiger partial charge in [0.05, 0.1) is 25.1 Å². The molecule has 0 aromatic heterocycles. The van der Waals surface area contributed by atoms with Crippen LogP contribution in [0.5, 0.6) is 11.5 Å². The third kappa shape index (κ3) is 6.72. The molecule has 0 radical (unpaired) electrons. The molecule has 4 atom stereocenters. The number of ether oxygens (including phenoxy) is 2. The number of Topliss-reactive ketones (excluding diaryl/α,β-unsaturated/α-hetero) is 2. The molecule has 1 saturated carbocycles. The maximum Gasteiger partial charge on any atom is 0.269 e. The van der Waals surface area contributed by atoms with Crippen LogP contribution in [0.25, 0.3) is 6.08 Å². The Kier molecular flexibility index (Phi) is 9.28. The Balaban J connectivity index is 1.63. The van der Waals surface area contributed by atoms with Gasteiger partial charge in [-0.05, 0) is 71.3 Å². The van der Waals surface area contributed by atoms with E-state index in [1.54, 1.807) is 61.7 Å². The van der Waals surface area contributed by atoms with Gasteiger partial charge in [-0.2, -0.15) is 0 Å². The van der Waals surface area contributed by atoms with Gasteiger partial charge < -0.3 is 9.47 Å². The average Bonchev–Trinajstić information content (AvgIpc) is 3.07. The zero-order valence-electron chi connectivity index (χ0n) is 24.6. The number of carbonyl (C=O) groups excluding carboxylic acids is 3.